The Balaban J connectivity index is 2.05. The average Bonchev–Trinajstić information content (AvgIpc) is 2.97. The molecule has 74 valence electrons. The van der Waals surface area contributed by atoms with Gasteiger partial charge in [0.2, 0.25) is 0 Å². The first-order valence-electron chi connectivity index (χ1n) is 4.73. The monoisotopic (exact) mass is 191 g/mol. The molecule has 1 aromatic rings. The third-order valence-corrected chi connectivity index (χ3v) is 2.72. The van der Waals surface area contributed by atoms with Crippen molar-refractivity contribution in [1.29, 1.82) is 0 Å². The van der Waals surface area contributed by atoms with Crippen molar-refractivity contribution in [3.63, 3.8) is 0 Å². The number of rotatable bonds is 3. The van der Waals surface area contributed by atoms with Crippen molar-refractivity contribution in [2.45, 2.75) is 19.0 Å². The highest BCUT2D eigenvalue weighted by atomic mass is 16.4. The van der Waals surface area contributed by atoms with Gasteiger partial charge in [-0.15, -0.1) is 0 Å². The van der Waals surface area contributed by atoms with Gasteiger partial charge < -0.3 is 5.11 Å². The van der Waals surface area contributed by atoms with Gasteiger partial charge >= 0.3 is 5.97 Å². The van der Waals surface area contributed by atoms with Crippen LogP contribution < -0.4 is 0 Å². The van der Waals surface area contributed by atoms with E-state index in [0.717, 1.165) is 0 Å². The molecular formula is C11H13NO2. The van der Waals surface area contributed by atoms with E-state index in [2.05, 4.69) is 0 Å². The van der Waals surface area contributed by atoms with Crippen LogP contribution >= 0.6 is 0 Å². The second-order valence-corrected chi connectivity index (χ2v) is 3.64. The van der Waals surface area contributed by atoms with E-state index in [9.17, 15) is 4.79 Å². The van der Waals surface area contributed by atoms with E-state index < -0.39 is 5.97 Å². The number of benzene rings is 1. The number of hydrogen-bond donors (Lipinski definition) is 1. The van der Waals surface area contributed by atoms with Gasteiger partial charge in [0.1, 0.15) is 6.04 Å². The van der Waals surface area contributed by atoms with Crippen molar-refractivity contribution < 1.29 is 9.90 Å². The van der Waals surface area contributed by atoms with Crippen LogP contribution in [0.3, 0.4) is 0 Å². The molecule has 1 saturated heterocycles. The number of hydrogen-bond acceptors (Lipinski definition) is 2. The molecule has 3 heteroatoms. The van der Waals surface area contributed by atoms with Crippen LogP contribution in [0.15, 0.2) is 30.3 Å². The predicted molar refractivity (Wildman–Crippen MR) is 53.0 cm³/mol. The van der Waals surface area contributed by atoms with Gasteiger partial charge in [0.15, 0.2) is 0 Å². The quantitative estimate of drug-likeness (QED) is 0.736. The van der Waals surface area contributed by atoms with E-state index >= 15 is 0 Å². The zero-order valence-corrected chi connectivity index (χ0v) is 8.05. The lowest BCUT2D eigenvalue weighted by Gasteiger charge is -2.12. The number of carboxylic acids is 1. The fourth-order valence-corrected chi connectivity index (χ4v) is 1.72. The minimum Gasteiger partial charge on any atom is -0.480 e. The van der Waals surface area contributed by atoms with E-state index in [1.807, 2.05) is 42.2 Å². The topological polar surface area (TPSA) is 40.3 Å². The van der Waals surface area contributed by atoms with Crippen molar-refractivity contribution in [2.24, 2.45) is 0 Å². The largest absolute Gasteiger partial charge is 0.480 e. The third-order valence-electron chi connectivity index (χ3n) is 2.72. The van der Waals surface area contributed by atoms with Crippen LogP contribution in [0.25, 0.3) is 0 Å². The van der Waals surface area contributed by atoms with Crippen molar-refractivity contribution in [2.75, 3.05) is 6.54 Å². The zero-order chi connectivity index (χ0) is 10.1. The van der Waals surface area contributed by atoms with Crippen LogP contribution in [0.2, 0.25) is 0 Å². The Morgan fingerprint density at radius 3 is 2.64 bits per heavy atom. The summed E-state index contributed by atoms with van der Waals surface area (Å²) in [7, 11) is 0. The van der Waals surface area contributed by atoms with Gasteiger partial charge in [0.05, 0.1) is 0 Å². The lowest BCUT2D eigenvalue weighted by atomic mass is 10.1. The zero-order valence-electron chi connectivity index (χ0n) is 8.05. The molecule has 0 aliphatic carbocycles. The van der Waals surface area contributed by atoms with Gasteiger partial charge in [-0.05, 0) is 12.5 Å². The Kier molecular flexibility index (Phi) is 2.25. The molecule has 2 rings (SSSR count). The molecule has 1 aliphatic heterocycles. The first-order valence-corrected chi connectivity index (χ1v) is 4.73. The number of carboxylic acid groups (broad SMARTS) is 1. The molecule has 0 amide bonds. The Labute approximate surface area is 83.0 Å². The van der Waals surface area contributed by atoms with E-state index in [1.165, 1.54) is 5.56 Å². The van der Waals surface area contributed by atoms with Gasteiger partial charge in [0, 0.05) is 12.6 Å². The molecule has 0 bridgehead atoms. The summed E-state index contributed by atoms with van der Waals surface area (Å²) in [5.74, 6) is -0.715. The van der Waals surface area contributed by atoms with Gasteiger partial charge in [-0.3, -0.25) is 9.69 Å². The van der Waals surface area contributed by atoms with E-state index in [0.29, 0.717) is 6.54 Å². The van der Waals surface area contributed by atoms with Crippen LogP contribution in [-0.2, 0) is 4.79 Å². The van der Waals surface area contributed by atoms with Crippen molar-refractivity contribution in [1.82, 2.24) is 4.90 Å². The summed E-state index contributed by atoms with van der Waals surface area (Å²) >= 11 is 0. The summed E-state index contributed by atoms with van der Waals surface area (Å²) in [6, 6.07) is 9.91. The maximum atomic E-state index is 10.7. The highest BCUT2D eigenvalue weighted by Crippen LogP contribution is 2.31. The number of aliphatic carboxylic acids is 1. The molecule has 1 heterocycles. The van der Waals surface area contributed by atoms with Gasteiger partial charge in [0.25, 0.3) is 0 Å². The highest BCUT2D eigenvalue weighted by Gasteiger charge is 2.43. The predicted octanol–water partition coefficient (Wildman–Crippen LogP) is 1.52. The molecule has 14 heavy (non-hydrogen) atoms. The Morgan fingerprint density at radius 2 is 2.14 bits per heavy atom. The average molecular weight is 191 g/mol. The van der Waals surface area contributed by atoms with Crippen LogP contribution in [0.4, 0.5) is 0 Å². The van der Waals surface area contributed by atoms with Gasteiger partial charge in [-0.2, -0.15) is 0 Å². The van der Waals surface area contributed by atoms with E-state index in [4.69, 9.17) is 5.11 Å². The van der Waals surface area contributed by atoms with Crippen LogP contribution in [-0.4, -0.2) is 28.6 Å². The van der Waals surface area contributed by atoms with Crippen LogP contribution in [0, 0.1) is 0 Å². The van der Waals surface area contributed by atoms with Crippen LogP contribution in [0.1, 0.15) is 18.5 Å². The molecule has 0 spiro atoms. The molecule has 1 aliphatic rings. The van der Waals surface area contributed by atoms with E-state index in [-0.39, 0.29) is 12.1 Å². The molecule has 0 radical (unpaired) electrons. The summed E-state index contributed by atoms with van der Waals surface area (Å²) in [6.45, 7) is 2.71. The first kappa shape index (κ1) is 9.21. The fourth-order valence-electron chi connectivity index (χ4n) is 1.72. The lowest BCUT2D eigenvalue weighted by molar-refractivity contribution is -0.137. The van der Waals surface area contributed by atoms with E-state index in [1.54, 1.807) is 0 Å². The maximum absolute atomic E-state index is 10.7. The van der Waals surface area contributed by atoms with Crippen molar-refractivity contribution in [3.8, 4) is 0 Å². The molecule has 0 aromatic heterocycles. The molecule has 1 aromatic carbocycles. The summed E-state index contributed by atoms with van der Waals surface area (Å²) < 4.78 is 0. The highest BCUT2D eigenvalue weighted by molar-refractivity contribution is 5.77. The molecule has 3 atom stereocenters. The molecule has 3 nitrogen and oxygen atoms in total. The van der Waals surface area contributed by atoms with Crippen LogP contribution in [0.5, 0.6) is 0 Å². The molecular weight excluding hydrogens is 178 g/mol. The first-order chi connectivity index (χ1) is 6.70. The smallest absolute Gasteiger partial charge is 0.322 e. The molecule has 1 fully saturated rings. The van der Waals surface area contributed by atoms with Gasteiger partial charge in [-0.25, -0.2) is 0 Å². The Morgan fingerprint density at radius 1 is 1.50 bits per heavy atom. The standard InChI is InChI=1S/C11H13NO2/c1-8(9-5-3-2-4-6-9)12-7-10(12)11(13)14/h2-6,8,10H,7H2,1H3,(H,13,14)/t8-,10?,12?/m0/s1. The second kappa shape index (κ2) is 3.42. The minimum absolute atomic E-state index is 0.206. The summed E-state index contributed by atoms with van der Waals surface area (Å²) in [6.07, 6.45) is 0. The SMILES string of the molecule is C[C@@H](c1ccccc1)N1CC1C(=O)O. The third kappa shape index (κ3) is 1.63. The molecule has 1 N–H and O–H groups in total. The summed E-state index contributed by atoms with van der Waals surface area (Å²) in [5, 5.41) is 8.78. The molecule has 0 saturated carbocycles. The Bertz CT molecular complexity index is 336. The normalized spacial score (nSPS) is 26.9. The number of carbonyl (C=O) groups is 1. The maximum Gasteiger partial charge on any atom is 0.322 e. The fraction of sp³-hybridized carbons (Fsp3) is 0.364. The van der Waals surface area contributed by atoms with Gasteiger partial charge in [-0.1, -0.05) is 30.3 Å². The summed E-state index contributed by atoms with van der Waals surface area (Å²) in [4.78, 5) is 12.6. The second-order valence-electron chi connectivity index (χ2n) is 3.64. The lowest BCUT2D eigenvalue weighted by Crippen LogP contribution is -2.14. The molecule has 2 unspecified atom stereocenters. The van der Waals surface area contributed by atoms with Crippen molar-refractivity contribution in [3.05, 3.63) is 35.9 Å². The minimum atomic E-state index is -0.715. The number of nitrogens with zero attached hydrogens (tertiary/aromatic N) is 1. The Hall–Kier alpha value is -1.35. The summed E-state index contributed by atoms with van der Waals surface area (Å²) in [5.41, 5.74) is 1.18. The van der Waals surface area contributed by atoms with Crippen molar-refractivity contribution >= 4 is 5.97 Å².